The lowest BCUT2D eigenvalue weighted by Gasteiger charge is -2.35. The highest BCUT2D eigenvalue weighted by Gasteiger charge is 2.19. The topological polar surface area (TPSA) is 35.5 Å². The van der Waals surface area contributed by atoms with Crippen molar-refractivity contribution in [3.8, 4) is 0 Å². The maximum Gasteiger partial charge on any atom is 0.225 e. The minimum atomic E-state index is 0.461. The molecule has 0 amide bonds. The summed E-state index contributed by atoms with van der Waals surface area (Å²) in [6, 6.07) is 2.03. The molecule has 0 radical (unpaired) electrons. The molecule has 5 nitrogen and oxygen atoms in total. The number of anilines is 1. The molecule has 3 rings (SSSR count). The molecule has 0 unspecified atom stereocenters. The Bertz CT molecular complexity index is 490. The van der Waals surface area contributed by atoms with Crippen LogP contribution in [0.15, 0.2) is 12.3 Å². The Morgan fingerprint density at radius 2 is 1.58 bits per heavy atom. The molecule has 134 valence electrons. The van der Waals surface area contributed by atoms with E-state index >= 15 is 0 Å². The molecule has 0 N–H and O–H groups in total. The van der Waals surface area contributed by atoms with Crippen molar-refractivity contribution in [2.45, 2.75) is 45.4 Å². The zero-order chi connectivity index (χ0) is 16.8. The average molecular weight is 332 g/mol. The molecule has 3 heterocycles. The summed E-state index contributed by atoms with van der Waals surface area (Å²) in [4.78, 5) is 16.8. The molecule has 0 bridgehead atoms. The van der Waals surface area contributed by atoms with Gasteiger partial charge in [0.25, 0.3) is 0 Å². The number of hydrogen-bond acceptors (Lipinski definition) is 5. The Labute approximate surface area is 147 Å². The lowest BCUT2D eigenvalue weighted by molar-refractivity contribution is 0.198. The molecule has 0 aliphatic carbocycles. The third-order valence-corrected chi connectivity index (χ3v) is 5.31. The highest BCUT2D eigenvalue weighted by Crippen LogP contribution is 2.16. The first-order valence-electron chi connectivity index (χ1n) is 9.75. The Kier molecular flexibility index (Phi) is 6.44. The van der Waals surface area contributed by atoms with Gasteiger partial charge in [0.2, 0.25) is 5.95 Å². The molecule has 5 heteroatoms. The third kappa shape index (κ3) is 4.90. The Morgan fingerprint density at radius 3 is 2.25 bits per heavy atom. The normalized spacial score (nSPS) is 20.7. The smallest absolute Gasteiger partial charge is 0.225 e. The van der Waals surface area contributed by atoms with Crippen molar-refractivity contribution in [2.75, 3.05) is 57.3 Å². The largest absolute Gasteiger partial charge is 0.338 e. The van der Waals surface area contributed by atoms with Crippen molar-refractivity contribution in [3.05, 3.63) is 18.0 Å². The van der Waals surface area contributed by atoms with Crippen LogP contribution in [-0.4, -0.2) is 72.1 Å². The van der Waals surface area contributed by atoms with Crippen LogP contribution in [0.3, 0.4) is 0 Å². The number of piperazine rings is 1. The van der Waals surface area contributed by atoms with E-state index in [2.05, 4.69) is 33.5 Å². The number of nitrogens with zero attached hydrogens (tertiary/aromatic N) is 5. The fraction of sp³-hybridized carbons (Fsp3) is 0.789. The van der Waals surface area contributed by atoms with Crippen LogP contribution in [0.4, 0.5) is 5.95 Å². The highest BCUT2D eigenvalue weighted by molar-refractivity contribution is 5.31. The zero-order valence-corrected chi connectivity index (χ0v) is 15.5. The lowest BCUT2D eigenvalue weighted by Crippen LogP contribution is -2.47. The standard InChI is InChI=1S/C19H33N5/c1-17(2)18-7-8-20-19(21-18)24-15-13-23(14-16-24)12-6-11-22-9-4-3-5-10-22/h7-8,17H,3-6,9-16H2,1-2H3. The molecule has 2 saturated heterocycles. The van der Waals surface area contributed by atoms with Crippen LogP contribution < -0.4 is 4.90 Å². The summed E-state index contributed by atoms with van der Waals surface area (Å²) in [5.41, 5.74) is 1.14. The monoisotopic (exact) mass is 331 g/mol. The molecule has 0 aromatic carbocycles. The van der Waals surface area contributed by atoms with Crippen molar-refractivity contribution in [3.63, 3.8) is 0 Å². The number of likely N-dealkylation sites (tertiary alicyclic amines) is 1. The maximum atomic E-state index is 4.73. The van der Waals surface area contributed by atoms with Gasteiger partial charge in [0.05, 0.1) is 0 Å². The Balaban J connectivity index is 1.40. The highest BCUT2D eigenvalue weighted by atomic mass is 15.3. The van der Waals surface area contributed by atoms with E-state index in [-0.39, 0.29) is 0 Å². The molecule has 2 aliphatic heterocycles. The molecule has 2 aliphatic rings. The predicted octanol–water partition coefficient (Wildman–Crippen LogP) is 2.60. The van der Waals surface area contributed by atoms with E-state index in [4.69, 9.17) is 4.98 Å². The Morgan fingerprint density at radius 1 is 0.917 bits per heavy atom. The fourth-order valence-corrected chi connectivity index (χ4v) is 3.71. The van der Waals surface area contributed by atoms with Gasteiger partial charge in [-0.05, 0) is 57.4 Å². The van der Waals surface area contributed by atoms with Gasteiger partial charge in [-0.15, -0.1) is 0 Å². The summed E-state index contributed by atoms with van der Waals surface area (Å²) < 4.78 is 0. The van der Waals surface area contributed by atoms with E-state index in [1.807, 2.05) is 12.3 Å². The van der Waals surface area contributed by atoms with Gasteiger partial charge >= 0.3 is 0 Å². The van der Waals surface area contributed by atoms with Crippen molar-refractivity contribution >= 4 is 5.95 Å². The van der Waals surface area contributed by atoms with Crippen LogP contribution >= 0.6 is 0 Å². The molecule has 2 fully saturated rings. The van der Waals surface area contributed by atoms with Crippen LogP contribution in [0.2, 0.25) is 0 Å². The van der Waals surface area contributed by atoms with Gasteiger partial charge in [-0.25, -0.2) is 9.97 Å². The van der Waals surface area contributed by atoms with Crippen LogP contribution in [0.25, 0.3) is 0 Å². The summed E-state index contributed by atoms with van der Waals surface area (Å²) in [5.74, 6) is 1.37. The van der Waals surface area contributed by atoms with E-state index in [1.165, 1.54) is 51.9 Å². The van der Waals surface area contributed by atoms with Gasteiger partial charge in [-0.1, -0.05) is 20.3 Å². The second-order valence-corrected chi connectivity index (χ2v) is 7.52. The molecular formula is C19H33N5. The second-order valence-electron chi connectivity index (χ2n) is 7.52. The average Bonchev–Trinajstić information content (AvgIpc) is 2.63. The molecular weight excluding hydrogens is 298 g/mol. The summed E-state index contributed by atoms with van der Waals surface area (Å²) in [5, 5.41) is 0. The molecule has 1 aromatic rings. The van der Waals surface area contributed by atoms with Gasteiger partial charge in [0, 0.05) is 38.1 Å². The van der Waals surface area contributed by atoms with Gasteiger partial charge in [0.15, 0.2) is 0 Å². The van der Waals surface area contributed by atoms with Crippen molar-refractivity contribution in [1.82, 2.24) is 19.8 Å². The van der Waals surface area contributed by atoms with Crippen LogP contribution in [-0.2, 0) is 0 Å². The third-order valence-electron chi connectivity index (χ3n) is 5.31. The maximum absolute atomic E-state index is 4.73. The number of aromatic nitrogens is 2. The molecule has 0 atom stereocenters. The first kappa shape index (κ1) is 17.6. The number of hydrogen-bond donors (Lipinski definition) is 0. The zero-order valence-electron chi connectivity index (χ0n) is 15.5. The predicted molar refractivity (Wildman–Crippen MR) is 99.7 cm³/mol. The van der Waals surface area contributed by atoms with E-state index in [9.17, 15) is 0 Å². The van der Waals surface area contributed by atoms with Crippen molar-refractivity contribution in [2.24, 2.45) is 0 Å². The van der Waals surface area contributed by atoms with Crippen LogP contribution in [0.5, 0.6) is 0 Å². The number of rotatable bonds is 6. The molecule has 1 aromatic heterocycles. The second kappa shape index (κ2) is 8.77. The molecule has 0 spiro atoms. The van der Waals surface area contributed by atoms with E-state index in [1.54, 1.807) is 0 Å². The van der Waals surface area contributed by atoms with Gasteiger partial charge in [0.1, 0.15) is 0 Å². The van der Waals surface area contributed by atoms with Gasteiger partial charge in [-0.3, -0.25) is 4.90 Å². The SMILES string of the molecule is CC(C)c1ccnc(N2CCN(CCCN3CCCCC3)CC2)n1. The summed E-state index contributed by atoms with van der Waals surface area (Å²) in [7, 11) is 0. The summed E-state index contributed by atoms with van der Waals surface area (Å²) >= 11 is 0. The number of piperidine rings is 1. The molecule has 24 heavy (non-hydrogen) atoms. The van der Waals surface area contributed by atoms with Gasteiger partial charge in [-0.2, -0.15) is 0 Å². The van der Waals surface area contributed by atoms with Gasteiger partial charge < -0.3 is 9.80 Å². The summed E-state index contributed by atoms with van der Waals surface area (Å²) in [6.07, 6.45) is 7.43. The Hall–Kier alpha value is -1.20. The fourth-order valence-electron chi connectivity index (χ4n) is 3.71. The lowest BCUT2D eigenvalue weighted by atomic mass is 10.1. The van der Waals surface area contributed by atoms with Crippen LogP contribution in [0.1, 0.15) is 51.1 Å². The van der Waals surface area contributed by atoms with E-state index in [0.29, 0.717) is 5.92 Å². The minimum Gasteiger partial charge on any atom is -0.338 e. The first-order valence-corrected chi connectivity index (χ1v) is 9.75. The van der Waals surface area contributed by atoms with E-state index < -0.39 is 0 Å². The van der Waals surface area contributed by atoms with E-state index in [0.717, 1.165) is 37.8 Å². The minimum absolute atomic E-state index is 0.461. The quantitative estimate of drug-likeness (QED) is 0.801. The molecule has 0 saturated carbocycles. The first-order chi connectivity index (χ1) is 11.7. The van der Waals surface area contributed by atoms with Crippen molar-refractivity contribution in [1.29, 1.82) is 0 Å². The van der Waals surface area contributed by atoms with Crippen LogP contribution in [0, 0.1) is 0 Å². The summed E-state index contributed by atoms with van der Waals surface area (Å²) in [6.45, 7) is 13.9. The van der Waals surface area contributed by atoms with Crippen molar-refractivity contribution < 1.29 is 0 Å².